The normalized spacial score (nSPS) is 10.5. The fourth-order valence-corrected chi connectivity index (χ4v) is 2.22. The van der Waals surface area contributed by atoms with Crippen LogP contribution in [0.4, 0.5) is 0 Å². The number of aryl methyl sites for hydroxylation is 1. The van der Waals surface area contributed by atoms with Gasteiger partial charge in [-0.2, -0.15) is 0 Å². The molecule has 0 saturated heterocycles. The quantitative estimate of drug-likeness (QED) is 0.585. The summed E-state index contributed by atoms with van der Waals surface area (Å²) in [7, 11) is 0. The second-order valence-electron chi connectivity index (χ2n) is 2.74. The van der Waals surface area contributed by atoms with E-state index in [9.17, 15) is 0 Å². The highest BCUT2D eigenvalue weighted by molar-refractivity contribution is 14.1. The summed E-state index contributed by atoms with van der Waals surface area (Å²) >= 11 is 9.70. The molecular weight excluding hydrogens is 331 g/mol. The van der Waals surface area contributed by atoms with E-state index in [0.29, 0.717) is 11.0 Å². The topological polar surface area (TPSA) is 25.8 Å². The Labute approximate surface area is 104 Å². The molecule has 2 rings (SSSR count). The van der Waals surface area contributed by atoms with Gasteiger partial charge in [-0.3, -0.25) is 0 Å². The van der Waals surface area contributed by atoms with Gasteiger partial charge < -0.3 is 0 Å². The second-order valence-corrected chi connectivity index (χ2v) is 5.55. The van der Waals surface area contributed by atoms with Crippen LogP contribution >= 0.6 is 45.5 Å². The van der Waals surface area contributed by atoms with Crippen molar-refractivity contribution < 1.29 is 0 Å². The van der Waals surface area contributed by atoms with Crippen molar-refractivity contribution in [2.24, 2.45) is 0 Å². The summed E-state index contributed by atoms with van der Waals surface area (Å²) in [6, 6.07) is 4.06. The minimum Gasteiger partial charge on any atom is -0.235 e. The summed E-state index contributed by atoms with van der Waals surface area (Å²) < 4.78 is 0.876. The average molecular weight is 337 g/mol. The van der Waals surface area contributed by atoms with Gasteiger partial charge in [-0.1, -0.05) is 11.6 Å². The number of nitrogens with zero attached hydrogens (tertiary/aromatic N) is 2. The third-order valence-corrected chi connectivity index (χ3v) is 4.06. The van der Waals surface area contributed by atoms with Crippen molar-refractivity contribution >= 4 is 45.5 Å². The molecule has 0 aromatic carbocycles. The van der Waals surface area contributed by atoms with Crippen LogP contribution in [-0.2, 0) is 0 Å². The van der Waals surface area contributed by atoms with Gasteiger partial charge in [0.15, 0.2) is 5.82 Å². The van der Waals surface area contributed by atoms with Gasteiger partial charge in [-0.25, -0.2) is 9.97 Å². The molecule has 0 fully saturated rings. The van der Waals surface area contributed by atoms with E-state index < -0.39 is 0 Å². The Hall–Kier alpha value is -0.200. The van der Waals surface area contributed by atoms with Gasteiger partial charge in [0.05, 0.1) is 8.45 Å². The summed E-state index contributed by atoms with van der Waals surface area (Å²) in [6.45, 7) is 2.06. The Kier molecular flexibility index (Phi) is 3.04. The lowest BCUT2D eigenvalue weighted by molar-refractivity contribution is 1.17. The number of rotatable bonds is 1. The lowest BCUT2D eigenvalue weighted by atomic mass is 10.4. The van der Waals surface area contributed by atoms with Crippen molar-refractivity contribution in [2.75, 3.05) is 0 Å². The minimum atomic E-state index is 0.515. The van der Waals surface area contributed by atoms with Gasteiger partial charge in [0.25, 0.3) is 0 Å². The first-order valence-corrected chi connectivity index (χ1v) is 6.19. The lowest BCUT2D eigenvalue weighted by Crippen LogP contribution is -1.88. The summed E-state index contributed by atoms with van der Waals surface area (Å²) in [4.78, 5) is 10.7. The summed E-state index contributed by atoms with van der Waals surface area (Å²) in [5.74, 6) is 0.702. The first kappa shape index (κ1) is 10.3. The smallest absolute Gasteiger partial charge is 0.171 e. The zero-order chi connectivity index (χ0) is 10.1. The highest BCUT2D eigenvalue weighted by Crippen LogP contribution is 2.26. The summed E-state index contributed by atoms with van der Waals surface area (Å²) in [5.41, 5.74) is 0. The molecule has 0 aliphatic heterocycles. The van der Waals surface area contributed by atoms with Crippen LogP contribution in [0.15, 0.2) is 18.3 Å². The maximum Gasteiger partial charge on any atom is 0.171 e. The van der Waals surface area contributed by atoms with Crippen LogP contribution in [0.5, 0.6) is 0 Å². The molecule has 0 saturated carbocycles. The van der Waals surface area contributed by atoms with E-state index in [4.69, 9.17) is 11.6 Å². The van der Waals surface area contributed by atoms with Crippen molar-refractivity contribution in [1.29, 1.82) is 0 Å². The van der Waals surface area contributed by atoms with Crippen molar-refractivity contribution in [3.8, 4) is 10.7 Å². The first-order chi connectivity index (χ1) is 6.66. The molecule has 0 spiro atoms. The maximum absolute atomic E-state index is 5.92. The largest absolute Gasteiger partial charge is 0.235 e. The molecule has 14 heavy (non-hydrogen) atoms. The number of halogens is 2. The highest BCUT2D eigenvalue weighted by Gasteiger charge is 2.06. The van der Waals surface area contributed by atoms with E-state index in [1.165, 1.54) is 4.88 Å². The number of hydrogen-bond donors (Lipinski definition) is 0. The number of thiophene rings is 1. The molecule has 0 aliphatic carbocycles. The van der Waals surface area contributed by atoms with E-state index in [2.05, 4.69) is 45.5 Å². The molecule has 0 aliphatic rings. The number of aromatic nitrogens is 2. The molecule has 2 nitrogen and oxygen atoms in total. The second kappa shape index (κ2) is 4.12. The maximum atomic E-state index is 5.92. The van der Waals surface area contributed by atoms with Crippen LogP contribution < -0.4 is 0 Å². The molecule has 0 radical (unpaired) electrons. The Morgan fingerprint density at radius 2 is 2.21 bits per heavy atom. The van der Waals surface area contributed by atoms with Crippen molar-refractivity contribution in [2.45, 2.75) is 6.92 Å². The molecule has 2 aromatic rings. The molecule has 72 valence electrons. The zero-order valence-electron chi connectivity index (χ0n) is 7.29. The van der Waals surface area contributed by atoms with E-state index in [-0.39, 0.29) is 0 Å². The van der Waals surface area contributed by atoms with Crippen molar-refractivity contribution in [3.05, 3.63) is 31.9 Å². The molecule has 2 heterocycles. The monoisotopic (exact) mass is 336 g/mol. The Balaban J connectivity index is 2.47. The minimum absolute atomic E-state index is 0.515. The van der Waals surface area contributed by atoms with Crippen molar-refractivity contribution in [1.82, 2.24) is 9.97 Å². The fourth-order valence-electron chi connectivity index (χ4n) is 1.02. The predicted molar refractivity (Wildman–Crippen MR) is 67.8 cm³/mol. The molecule has 2 aromatic heterocycles. The third-order valence-electron chi connectivity index (χ3n) is 1.66. The van der Waals surface area contributed by atoms with Crippen LogP contribution in [0.25, 0.3) is 10.7 Å². The van der Waals surface area contributed by atoms with Gasteiger partial charge >= 0.3 is 0 Å². The molecule has 5 heteroatoms. The first-order valence-electron chi connectivity index (χ1n) is 3.91. The van der Waals surface area contributed by atoms with Crippen LogP contribution in [0.2, 0.25) is 5.15 Å². The van der Waals surface area contributed by atoms with Crippen LogP contribution in [-0.4, -0.2) is 9.97 Å². The van der Waals surface area contributed by atoms with Crippen LogP contribution in [0, 0.1) is 10.5 Å². The van der Waals surface area contributed by atoms with E-state index in [1.807, 2.05) is 6.07 Å². The van der Waals surface area contributed by atoms with E-state index in [1.54, 1.807) is 17.5 Å². The third kappa shape index (κ3) is 2.07. The van der Waals surface area contributed by atoms with Crippen molar-refractivity contribution in [3.63, 3.8) is 0 Å². The van der Waals surface area contributed by atoms with Crippen LogP contribution in [0.1, 0.15) is 4.88 Å². The molecule has 0 atom stereocenters. The van der Waals surface area contributed by atoms with Gasteiger partial charge in [0.2, 0.25) is 0 Å². The molecule has 0 N–H and O–H groups in total. The Morgan fingerprint density at radius 1 is 1.43 bits per heavy atom. The SMILES string of the molecule is Cc1ccc(-c2ncc(I)c(Cl)n2)s1. The van der Waals surface area contributed by atoms with Gasteiger partial charge in [0.1, 0.15) is 5.15 Å². The molecule has 0 amide bonds. The van der Waals surface area contributed by atoms with Crippen LogP contribution in [0.3, 0.4) is 0 Å². The fraction of sp³-hybridized carbons (Fsp3) is 0.111. The lowest BCUT2D eigenvalue weighted by Gasteiger charge is -1.97. The standard InChI is InChI=1S/C9H6ClIN2S/c1-5-2-3-7(14-5)9-12-4-6(11)8(10)13-9/h2-4H,1H3. The Bertz CT molecular complexity index is 470. The van der Waals surface area contributed by atoms with Gasteiger partial charge in [0, 0.05) is 11.1 Å². The van der Waals surface area contributed by atoms with E-state index in [0.717, 1.165) is 8.45 Å². The molecule has 0 unspecified atom stereocenters. The Morgan fingerprint density at radius 3 is 2.79 bits per heavy atom. The molecule has 0 bridgehead atoms. The zero-order valence-corrected chi connectivity index (χ0v) is 11.0. The summed E-state index contributed by atoms with van der Waals surface area (Å²) in [6.07, 6.45) is 1.74. The predicted octanol–water partition coefficient (Wildman–Crippen LogP) is 3.77. The van der Waals surface area contributed by atoms with Gasteiger partial charge in [-0.05, 0) is 41.6 Å². The summed E-state index contributed by atoms with van der Waals surface area (Å²) in [5, 5.41) is 0.515. The van der Waals surface area contributed by atoms with E-state index >= 15 is 0 Å². The highest BCUT2D eigenvalue weighted by atomic mass is 127. The average Bonchev–Trinajstić information content (AvgIpc) is 2.57. The molecular formula is C9H6ClIN2S. The van der Waals surface area contributed by atoms with Gasteiger partial charge in [-0.15, -0.1) is 11.3 Å². The number of hydrogen-bond acceptors (Lipinski definition) is 3.